The molecule has 1 saturated heterocycles. The van der Waals surface area contributed by atoms with Crippen molar-refractivity contribution in [1.82, 2.24) is 0 Å². The van der Waals surface area contributed by atoms with Crippen LogP contribution in [0.1, 0.15) is 17.0 Å². The molecule has 2 atom stereocenters. The van der Waals surface area contributed by atoms with Crippen molar-refractivity contribution in [1.29, 1.82) is 0 Å². The lowest BCUT2D eigenvalue weighted by molar-refractivity contribution is -0.141. The number of cyclic esters (lactones) is 1. The number of carbonyl (C=O) groups excluding carboxylic acids is 1. The lowest BCUT2D eigenvalue weighted by Crippen LogP contribution is -2.28. The van der Waals surface area contributed by atoms with Crippen LogP contribution >= 0.6 is 15.9 Å². The molecule has 5 nitrogen and oxygen atoms in total. The molecule has 4 rings (SSSR count). The minimum Gasteiger partial charge on any atom is -0.493 e. The maximum absolute atomic E-state index is 12.4. The molecule has 2 aromatic carbocycles. The molecule has 0 aromatic heterocycles. The number of aliphatic imine (C=N–C) groups is 1. The second kappa shape index (κ2) is 6.19. The van der Waals surface area contributed by atoms with Gasteiger partial charge in [0.2, 0.25) is 0 Å². The second-order valence-corrected chi connectivity index (χ2v) is 6.90. The highest BCUT2D eigenvalue weighted by Crippen LogP contribution is 2.48. The fourth-order valence-electron chi connectivity index (χ4n) is 3.53. The van der Waals surface area contributed by atoms with Gasteiger partial charge in [-0.05, 0) is 29.3 Å². The number of esters is 1. The molecule has 6 heteroatoms. The van der Waals surface area contributed by atoms with Crippen molar-refractivity contribution in [3.05, 3.63) is 52.0 Å². The lowest BCUT2D eigenvalue weighted by Gasteiger charge is -2.28. The number of ether oxygens (including phenoxy) is 3. The molecule has 0 radical (unpaired) electrons. The number of nitrogens with zero attached hydrogens (tertiary/aromatic N) is 1. The number of halogens is 1. The van der Waals surface area contributed by atoms with Gasteiger partial charge in [0.15, 0.2) is 11.5 Å². The van der Waals surface area contributed by atoms with E-state index in [1.807, 2.05) is 36.4 Å². The molecule has 2 aliphatic heterocycles. The van der Waals surface area contributed by atoms with Crippen molar-refractivity contribution in [3.8, 4) is 11.5 Å². The van der Waals surface area contributed by atoms with Crippen molar-refractivity contribution in [2.45, 2.75) is 5.92 Å². The van der Waals surface area contributed by atoms with E-state index in [9.17, 15) is 4.79 Å². The predicted molar refractivity (Wildman–Crippen MR) is 97.1 cm³/mol. The van der Waals surface area contributed by atoms with Gasteiger partial charge < -0.3 is 14.2 Å². The Balaban J connectivity index is 1.95. The summed E-state index contributed by atoms with van der Waals surface area (Å²) in [4.78, 5) is 17.1. The van der Waals surface area contributed by atoms with Crippen LogP contribution in [0.3, 0.4) is 0 Å². The number of methoxy groups -OCH3 is 2. The topological polar surface area (TPSA) is 57.1 Å². The summed E-state index contributed by atoms with van der Waals surface area (Å²) < 4.78 is 17.1. The van der Waals surface area contributed by atoms with Crippen LogP contribution in [0.5, 0.6) is 11.5 Å². The number of fused-ring (bicyclic) bond motifs is 2. The van der Waals surface area contributed by atoms with E-state index in [1.165, 1.54) is 0 Å². The van der Waals surface area contributed by atoms with Crippen molar-refractivity contribution in [3.63, 3.8) is 0 Å². The highest BCUT2D eigenvalue weighted by Gasteiger charge is 2.45. The predicted octanol–water partition coefficient (Wildman–Crippen LogP) is 3.86. The molecule has 2 heterocycles. The summed E-state index contributed by atoms with van der Waals surface area (Å²) in [6.07, 6.45) is 0. The zero-order valence-electron chi connectivity index (χ0n) is 13.8. The fourth-order valence-corrected chi connectivity index (χ4v) is 3.94. The van der Waals surface area contributed by atoms with Crippen LogP contribution in [0.4, 0.5) is 5.69 Å². The Morgan fingerprint density at radius 2 is 1.88 bits per heavy atom. The molecule has 128 valence electrons. The third kappa shape index (κ3) is 2.61. The molecule has 0 bridgehead atoms. The minimum absolute atomic E-state index is 0.171. The van der Waals surface area contributed by atoms with Gasteiger partial charge in [-0.3, -0.25) is 9.79 Å². The molecule has 0 aliphatic carbocycles. The van der Waals surface area contributed by atoms with Crippen LogP contribution in [0, 0.1) is 5.92 Å². The van der Waals surface area contributed by atoms with Gasteiger partial charge in [-0.2, -0.15) is 0 Å². The number of carbonyl (C=O) groups is 1. The summed E-state index contributed by atoms with van der Waals surface area (Å²) in [5, 5.41) is 0. The van der Waals surface area contributed by atoms with Crippen molar-refractivity contribution < 1.29 is 19.0 Å². The van der Waals surface area contributed by atoms with E-state index in [4.69, 9.17) is 14.2 Å². The van der Waals surface area contributed by atoms with Crippen LogP contribution in [0.25, 0.3) is 0 Å². The van der Waals surface area contributed by atoms with Crippen molar-refractivity contribution in [2.75, 3.05) is 20.8 Å². The second-order valence-electron chi connectivity index (χ2n) is 5.99. The molecule has 0 N–H and O–H groups in total. The maximum Gasteiger partial charge on any atom is 0.316 e. The molecule has 1 fully saturated rings. The quantitative estimate of drug-likeness (QED) is 0.732. The molecule has 2 unspecified atom stereocenters. The van der Waals surface area contributed by atoms with E-state index >= 15 is 0 Å². The van der Waals surface area contributed by atoms with E-state index in [0.29, 0.717) is 11.5 Å². The third-order valence-corrected chi connectivity index (χ3v) is 5.14. The van der Waals surface area contributed by atoms with E-state index in [1.54, 1.807) is 14.2 Å². The number of hydrogen-bond donors (Lipinski definition) is 0. The zero-order chi connectivity index (χ0) is 17.6. The molecular formula is C19H16BrNO4. The van der Waals surface area contributed by atoms with Crippen LogP contribution in [0.15, 0.2) is 45.9 Å². The van der Waals surface area contributed by atoms with Gasteiger partial charge in [-0.15, -0.1) is 0 Å². The molecule has 0 saturated carbocycles. The summed E-state index contributed by atoms with van der Waals surface area (Å²) in [6, 6.07) is 11.7. The van der Waals surface area contributed by atoms with Gasteiger partial charge in [-0.25, -0.2) is 0 Å². The van der Waals surface area contributed by atoms with Crippen LogP contribution in [-0.4, -0.2) is 32.5 Å². The van der Waals surface area contributed by atoms with E-state index < -0.39 is 5.92 Å². The summed E-state index contributed by atoms with van der Waals surface area (Å²) in [7, 11) is 3.19. The zero-order valence-corrected chi connectivity index (χ0v) is 15.4. The van der Waals surface area contributed by atoms with Crippen LogP contribution < -0.4 is 9.47 Å². The summed E-state index contributed by atoms with van der Waals surface area (Å²) in [5.74, 6) is 0.424. The summed E-state index contributed by atoms with van der Waals surface area (Å²) in [6.45, 7) is 0.238. The third-order valence-electron chi connectivity index (χ3n) is 4.65. The Kier molecular flexibility index (Phi) is 4.00. The highest BCUT2D eigenvalue weighted by atomic mass is 79.9. The Hall–Kier alpha value is -2.34. The molecule has 2 aromatic rings. The summed E-state index contributed by atoms with van der Waals surface area (Å²) in [5.41, 5.74) is 3.50. The van der Waals surface area contributed by atoms with E-state index in [0.717, 1.165) is 27.0 Å². The SMILES string of the molecule is COc1cc2c(cc1OC)C(c1cccc(Br)c1)C1C(=O)OCC1=N2. The first kappa shape index (κ1) is 16.1. The Morgan fingerprint density at radius 3 is 2.60 bits per heavy atom. The molecular weight excluding hydrogens is 386 g/mol. The van der Waals surface area contributed by atoms with Gasteiger partial charge in [0, 0.05) is 16.5 Å². The van der Waals surface area contributed by atoms with Gasteiger partial charge >= 0.3 is 5.97 Å². The molecule has 2 aliphatic rings. The first-order chi connectivity index (χ1) is 12.1. The van der Waals surface area contributed by atoms with E-state index in [-0.39, 0.29) is 18.5 Å². The number of rotatable bonds is 3. The highest BCUT2D eigenvalue weighted by molar-refractivity contribution is 9.10. The van der Waals surface area contributed by atoms with Crippen LogP contribution in [0.2, 0.25) is 0 Å². The number of hydrogen-bond acceptors (Lipinski definition) is 5. The number of benzene rings is 2. The molecule has 25 heavy (non-hydrogen) atoms. The van der Waals surface area contributed by atoms with Gasteiger partial charge in [-0.1, -0.05) is 28.1 Å². The smallest absolute Gasteiger partial charge is 0.316 e. The monoisotopic (exact) mass is 401 g/mol. The van der Waals surface area contributed by atoms with Gasteiger partial charge in [0.25, 0.3) is 0 Å². The first-order valence-corrected chi connectivity index (χ1v) is 8.67. The van der Waals surface area contributed by atoms with Gasteiger partial charge in [0.1, 0.15) is 12.5 Å². The van der Waals surface area contributed by atoms with Gasteiger partial charge in [0.05, 0.1) is 25.6 Å². The first-order valence-electron chi connectivity index (χ1n) is 7.88. The normalized spacial score (nSPS) is 21.1. The lowest BCUT2D eigenvalue weighted by atomic mass is 9.76. The van der Waals surface area contributed by atoms with E-state index in [2.05, 4.69) is 20.9 Å². The minimum atomic E-state index is -0.403. The maximum atomic E-state index is 12.4. The summed E-state index contributed by atoms with van der Waals surface area (Å²) >= 11 is 3.52. The fraction of sp³-hybridized carbons (Fsp3) is 0.263. The average Bonchev–Trinajstić information content (AvgIpc) is 2.99. The Morgan fingerprint density at radius 1 is 1.12 bits per heavy atom. The average molecular weight is 402 g/mol. The van der Waals surface area contributed by atoms with Crippen LogP contribution in [-0.2, 0) is 9.53 Å². The van der Waals surface area contributed by atoms with Crippen molar-refractivity contribution >= 4 is 33.3 Å². The van der Waals surface area contributed by atoms with Crippen molar-refractivity contribution in [2.24, 2.45) is 10.9 Å². The Labute approximate surface area is 153 Å². The standard InChI is InChI=1S/C19H16BrNO4/c1-23-15-7-12-13(8-16(15)24-2)21-14-9-25-19(22)18(14)17(12)10-4-3-5-11(20)6-10/h3-8,17-18H,9H2,1-2H3. The molecule has 0 spiro atoms. The Bertz CT molecular complexity index is 893. The largest absolute Gasteiger partial charge is 0.493 e. The molecule has 0 amide bonds.